The number of rotatable bonds is 6. The van der Waals surface area contributed by atoms with E-state index in [1.165, 1.54) is 0 Å². The van der Waals surface area contributed by atoms with E-state index in [4.69, 9.17) is 0 Å². The van der Waals surface area contributed by atoms with E-state index < -0.39 is 11.7 Å². The van der Waals surface area contributed by atoms with Gasteiger partial charge in [-0.2, -0.15) is 0 Å². The van der Waals surface area contributed by atoms with Gasteiger partial charge in [0.2, 0.25) is 5.91 Å². The molecule has 1 aromatic carbocycles. The number of nitrogens with one attached hydrogen (secondary N) is 1. The summed E-state index contributed by atoms with van der Waals surface area (Å²) in [7, 11) is 0. The zero-order valence-electron chi connectivity index (χ0n) is 12.1. The summed E-state index contributed by atoms with van der Waals surface area (Å²) >= 11 is 0. The molecule has 110 valence electrons. The molecule has 0 saturated heterocycles. The molecule has 4 heteroatoms. The van der Waals surface area contributed by atoms with Crippen LogP contribution in [0.5, 0.6) is 0 Å². The quantitative estimate of drug-likeness (QED) is 0.741. The first-order chi connectivity index (χ1) is 9.40. The number of hydrogen-bond acceptors (Lipinski definition) is 3. The minimum atomic E-state index is -0.919. The van der Waals surface area contributed by atoms with Crippen LogP contribution in [0, 0.1) is 12.8 Å². The molecule has 0 spiro atoms. The van der Waals surface area contributed by atoms with E-state index in [1.54, 1.807) is 6.92 Å². The van der Waals surface area contributed by atoms with Crippen LogP contribution in [0.3, 0.4) is 0 Å². The molecule has 0 heterocycles. The highest BCUT2D eigenvalue weighted by atomic mass is 16.3. The van der Waals surface area contributed by atoms with E-state index in [9.17, 15) is 15.0 Å². The van der Waals surface area contributed by atoms with Crippen molar-refractivity contribution in [2.45, 2.75) is 44.8 Å². The minimum Gasteiger partial charge on any atom is -0.389 e. The topological polar surface area (TPSA) is 69.6 Å². The van der Waals surface area contributed by atoms with Crippen LogP contribution in [0.2, 0.25) is 0 Å². The van der Waals surface area contributed by atoms with Gasteiger partial charge in [-0.25, -0.2) is 0 Å². The van der Waals surface area contributed by atoms with Crippen molar-refractivity contribution in [1.82, 2.24) is 5.32 Å². The Morgan fingerprint density at radius 2 is 2.10 bits per heavy atom. The summed E-state index contributed by atoms with van der Waals surface area (Å²) < 4.78 is 0. The first-order valence-electron chi connectivity index (χ1n) is 7.13. The average Bonchev–Trinajstić information content (AvgIpc) is 3.20. The van der Waals surface area contributed by atoms with Crippen molar-refractivity contribution in [2.75, 3.05) is 6.54 Å². The third-order valence-electron chi connectivity index (χ3n) is 4.02. The molecule has 1 aliphatic rings. The predicted octanol–water partition coefficient (Wildman–Crippen LogP) is 1.70. The third kappa shape index (κ3) is 3.81. The average molecular weight is 277 g/mol. The molecule has 0 unspecified atom stereocenters. The van der Waals surface area contributed by atoms with Gasteiger partial charge in [0.15, 0.2) is 0 Å². The summed E-state index contributed by atoms with van der Waals surface area (Å²) in [6, 6.07) is 7.56. The van der Waals surface area contributed by atoms with Crippen LogP contribution in [0.4, 0.5) is 0 Å². The fourth-order valence-corrected chi connectivity index (χ4v) is 2.52. The number of carbonyl (C=O) groups excluding carboxylic acids is 1. The van der Waals surface area contributed by atoms with Gasteiger partial charge in [0.25, 0.3) is 0 Å². The molecule has 4 nitrogen and oxygen atoms in total. The van der Waals surface area contributed by atoms with Gasteiger partial charge in [-0.05, 0) is 43.7 Å². The lowest BCUT2D eigenvalue weighted by Gasteiger charge is -2.22. The number of hydrogen-bond donors (Lipinski definition) is 3. The number of aliphatic hydroxyl groups is 2. The summed E-state index contributed by atoms with van der Waals surface area (Å²) in [6.45, 7) is 3.81. The number of aliphatic hydroxyl groups excluding tert-OH is 1. The Kier molecular flexibility index (Phi) is 4.45. The third-order valence-corrected chi connectivity index (χ3v) is 4.02. The van der Waals surface area contributed by atoms with Crippen molar-refractivity contribution in [3.63, 3.8) is 0 Å². The van der Waals surface area contributed by atoms with Crippen molar-refractivity contribution in [3.8, 4) is 0 Å². The number of amides is 1. The molecule has 2 rings (SSSR count). The zero-order chi connectivity index (χ0) is 14.8. The predicted molar refractivity (Wildman–Crippen MR) is 77.1 cm³/mol. The molecular weight excluding hydrogens is 254 g/mol. The monoisotopic (exact) mass is 277 g/mol. The maximum atomic E-state index is 11.8. The van der Waals surface area contributed by atoms with Crippen LogP contribution in [-0.4, -0.2) is 28.3 Å². The SMILES string of the molecule is Cc1ccccc1[C@H](O)CNC(=O)C[C@](C)(O)C1CC1. The van der Waals surface area contributed by atoms with Gasteiger partial charge in [-0.15, -0.1) is 0 Å². The molecule has 0 aliphatic heterocycles. The smallest absolute Gasteiger partial charge is 0.222 e. The Bertz CT molecular complexity index is 480. The summed E-state index contributed by atoms with van der Waals surface area (Å²) in [5, 5.41) is 22.9. The molecule has 0 aromatic heterocycles. The van der Waals surface area contributed by atoms with E-state index in [1.807, 2.05) is 31.2 Å². The first-order valence-corrected chi connectivity index (χ1v) is 7.13. The highest BCUT2D eigenvalue weighted by Gasteiger charge is 2.41. The second kappa shape index (κ2) is 5.94. The summed E-state index contributed by atoms with van der Waals surface area (Å²) in [4.78, 5) is 11.8. The fourth-order valence-electron chi connectivity index (χ4n) is 2.52. The van der Waals surface area contributed by atoms with Gasteiger partial charge < -0.3 is 15.5 Å². The lowest BCUT2D eigenvalue weighted by Crippen LogP contribution is -2.37. The van der Waals surface area contributed by atoms with Crippen molar-refractivity contribution in [1.29, 1.82) is 0 Å². The molecular formula is C16H23NO3. The van der Waals surface area contributed by atoms with E-state index >= 15 is 0 Å². The molecule has 1 fully saturated rings. The Morgan fingerprint density at radius 1 is 1.45 bits per heavy atom. The maximum Gasteiger partial charge on any atom is 0.222 e. The number of aryl methyl sites for hydroxylation is 1. The van der Waals surface area contributed by atoms with Crippen LogP contribution >= 0.6 is 0 Å². The van der Waals surface area contributed by atoms with Gasteiger partial charge in [0.1, 0.15) is 0 Å². The van der Waals surface area contributed by atoms with Gasteiger partial charge in [-0.1, -0.05) is 24.3 Å². The summed E-state index contributed by atoms with van der Waals surface area (Å²) in [6.07, 6.45) is 1.36. The fraction of sp³-hybridized carbons (Fsp3) is 0.562. The summed E-state index contributed by atoms with van der Waals surface area (Å²) in [5.41, 5.74) is 0.901. The second-order valence-corrected chi connectivity index (χ2v) is 5.98. The van der Waals surface area contributed by atoms with E-state index in [0.29, 0.717) is 0 Å². The Hall–Kier alpha value is -1.39. The minimum absolute atomic E-state index is 0.0954. The van der Waals surface area contributed by atoms with Crippen molar-refractivity contribution in [3.05, 3.63) is 35.4 Å². The molecule has 0 radical (unpaired) electrons. The second-order valence-electron chi connectivity index (χ2n) is 5.98. The lowest BCUT2D eigenvalue weighted by atomic mass is 9.96. The highest BCUT2D eigenvalue weighted by molar-refractivity contribution is 5.77. The van der Waals surface area contributed by atoms with Gasteiger partial charge in [-0.3, -0.25) is 4.79 Å². The number of benzene rings is 1. The molecule has 1 aromatic rings. The number of carbonyl (C=O) groups is 1. The highest BCUT2D eigenvalue weighted by Crippen LogP contribution is 2.41. The van der Waals surface area contributed by atoms with E-state index in [-0.39, 0.29) is 24.8 Å². The van der Waals surface area contributed by atoms with Gasteiger partial charge in [0, 0.05) is 6.54 Å². The Balaban J connectivity index is 1.82. The first kappa shape index (κ1) is 15.0. The van der Waals surface area contributed by atoms with Crippen molar-refractivity contribution >= 4 is 5.91 Å². The van der Waals surface area contributed by atoms with E-state index in [2.05, 4.69) is 5.32 Å². The van der Waals surface area contributed by atoms with Crippen LogP contribution < -0.4 is 5.32 Å². The van der Waals surface area contributed by atoms with Crippen LogP contribution in [0.15, 0.2) is 24.3 Å². The molecule has 2 atom stereocenters. The Morgan fingerprint density at radius 3 is 2.70 bits per heavy atom. The Labute approximate surface area is 119 Å². The largest absolute Gasteiger partial charge is 0.389 e. The lowest BCUT2D eigenvalue weighted by molar-refractivity contribution is -0.126. The van der Waals surface area contributed by atoms with Gasteiger partial charge >= 0.3 is 0 Å². The molecule has 3 N–H and O–H groups in total. The van der Waals surface area contributed by atoms with Gasteiger partial charge in [0.05, 0.1) is 18.1 Å². The van der Waals surface area contributed by atoms with Crippen LogP contribution in [0.1, 0.15) is 43.4 Å². The zero-order valence-corrected chi connectivity index (χ0v) is 12.1. The standard InChI is InChI=1S/C16H23NO3/c1-11-5-3-4-6-13(11)14(18)10-17-15(19)9-16(2,20)12-7-8-12/h3-6,12,14,18,20H,7-10H2,1-2H3,(H,17,19)/t14-,16+/m1/s1. The molecule has 1 amide bonds. The van der Waals surface area contributed by atoms with E-state index in [0.717, 1.165) is 24.0 Å². The van der Waals surface area contributed by atoms with Crippen LogP contribution in [0.25, 0.3) is 0 Å². The molecule has 1 aliphatic carbocycles. The molecule has 0 bridgehead atoms. The normalized spacial score (nSPS) is 19.2. The molecule has 1 saturated carbocycles. The molecule has 20 heavy (non-hydrogen) atoms. The summed E-state index contributed by atoms with van der Waals surface area (Å²) in [5.74, 6) is 0.0316. The maximum absolute atomic E-state index is 11.8. The van der Waals surface area contributed by atoms with Crippen molar-refractivity contribution < 1.29 is 15.0 Å². The van der Waals surface area contributed by atoms with Crippen molar-refractivity contribution in [2.24, 2.45) is 5.92 Å². The van der Waals surface area contributed by atoms with Crippen LogP contribution in [-0.2, 0) is 4.79 Å².